The summed E-state index contributed by atoms with van der Waals surface area (Å²) in [6.45, 7) is 16.8. The van der Waals surface area contributed by atoms with Crippen LogP contribution in [-0.4, -0.2) is 62.3 Å². The van der Waals surface area contributed by atoms with Crippen LogP contribution in [0.15, 0.2) is 54.0 Å². The van der Waals surface area contributed by atoms with E-state index in [0.717, 1.165) is 87.0 Å². The van der Waals surface area contributed by atoms with E-state index in [0.29, 0.717) is 18.3 Å². The van der Waals surface area contributed by atoms with E-state index in [-0.39, 0.29) is 11.9 Å². The molecule has 4 heterocycles. The fourth-order valence-electron chi connectivity index (χ4n) is 6.20. The average molecular weight is 550 g/mol. The molecule has 4 aliphatic rings. The number of unbranched alkanes of at least 4 members (excludes halogenated alkanes) is 1. The molecule has 0 aromatic heterocycles. The van der Waals surface area contributed by atoms with E-state index in [2.05, 4.69) is 56.3 Å². The third-order valence-electron chi connectivity index (χ3n) is 8.88. The van der Waals surface area contributed by atoms with Gasteiger partial charge in [0.1, 0.15) is 5.82 Å². The van der Waals surface area contributed by atoms with Crippen LogP contribution in [0.4, 0.5) is 10.1 Å². The molecule has 0 spiro atoms. The quantitative estimate of drug-likeness (QED) is 0.235. The van der Waals surface area contributed by atoms with Gasteiger partial charge in [0.15, 0.2) is 0 Å². The van der Waals surface area contributed by atoms with Crippen LogP contribution in [0, 0.1) is 17.7 Å². The van der Waals surface area contributed by atoms with Crippen LogP contribution < -0.4 is 32.3 Å². The zero-order valence-corrected chi connectivity index (χ0v) is 24.5. The summed E-state index contributed by atoms with van der Waals surface area (Å²) in [4.78, 5) is 2.51. The number of fused-ring (bicyclic) bond motifs is 2. The fourth-order valence-corrected chi connectivity index (χ4v) is 6.20. The van der Waals surface area contributed by atoms with Crippen LogP contribution in [0.3, 0.4) is 0 Å². The second kappa shape index (κ2) is 12.3. The zero-order valence-electron chi connectivity index (χ0n) is 24.5. The summed E-state index contributed by atoms with van der Waals surface area (Å²) in [7, 11) is 0. The first kappa shape index (κ1) is 28.6. The lowest BCUT2D eigenvalue weighted by atomic mass is 9.90. The molecule has 3 atom stereocenters. The monoisotopic (exact) mass is 549 g/mol. The first-order chi connectivity index (χ1) is 19.2. The average Bonchev–Trinajstić information content (AvgIpc) is 3.38. The Bertz CT molecular complexity index is 1160. The van der Waals surface area contributed by atoms with Crippen molar-refractivity contribution in [3.8, 4) is 0 Å². The number of allylic oxidation sites excluding steroid dienone is 2. The molecule has 8 heteroatoms. The number of piperidine rings is 1. The number of aryl methyl sites for hydroxylation is 1. The number of hydrogen-bond donors (Lipinski definition) is 6. The van der Waals surface area contributed by atoms with Crippen molar-refractivity contribution in [2.24, 2.45) is 17.6 Å². The van der Waals surface area contributed by atoms with Crippen LogP contribution >= 0.6 is 0 Å². The Balaban J connectivity index is 1.23. The first-order valence-corrected chi connectivity index (χ1v) is 15.1. The third kappa shape index (κ3) is 6.50. The maximum atomic E-state index is 14.9. The summed E-state index contributed by atoms with van der Waals surface area (Å²) in [5, 5.41) is 17.7. The predicted molar refractivity (Wildman–Crippen MR) is 164 cm³/mol. The molecule has 7 N–H and O–H groups in total. The Morgan fingerprint density at radius 2 is 1.98 bits per heavy atom. The molecule has 1 aromatic carbocycles. The molecule has 7 nitrogen and oxygen atoms in total. The topological polar surface area (TPSA) is 89.4 Å². The minimum Gasteiger partial charge on any atom is -0.387 e. The van der Waals surface area contributed by atoms with Crippen molar-refractivity contribution in [2.45, 2.75) is 58.0 Å². The van der Waals surface area contributed by atoms with Gasteiger partial charge < -0.3 is 37.2 Å². The van der Waals surface area contributed by atoms with Gasteiger partial charge in [-0.3, -0.25) is 0 Å². The molecule has 4 aliphatic heterocycles. The van der Waals surface area contributed by atoms with Crippen molar-refractivity contribution in [1.82, 2.24) is 26.2 Å². The van der Waals surface area contributed by atoms with Gasteiger partial charge in [-0.2, -0.15) is 0 Å². The maximum absolute atomic E-state index is 14.9. The molecule has 5 rings (SSSR count). The Labute approximate surface area is 239 Å². The molecule has 0 saturated carbocycles. The number of anilines is 1. The van der Waals surface area contributed by atoms with Gasteiger partial charge in [0, 0.05) is 60.9 Å². The van der Waals surface area contributed by atoms with Crippen molar-refractivity contribution in [2.75, 3.05) is 51.1 Å². The van der Waals surface area contributed by atoms with Gasteiger partial charge >= 0.3 is 0 Å². The molecule has 0 aliphatic carbocycles. The lowest BCUT2D eigenvalue weighted by molar-refractivity contribution is 0.318. The Kier molecular flexibility index (Phi) is 8.76. The molecule has 2 fully saturated rings. The van der Waals surface area contributed by atoms with E-state index < -0.39 is 5.54 Å². The smallest absolute Gasteiger partial charge is 0.127 e. The predicted octanol–water partition coefficient (Wildman–Crippen LogP) is 3.65. The largest absolute Gasteiger partial charge is 0.387 e. The summed E-state index contributed by atoms with van der Waals surface area (Å²) in [6, 6.07) is 3.84. The molecular weight excluding hydrogens is 501 g/mol. The third-order valence-corrected chi connectivity index (χ3v) is 8.88. The highest BCUT2D eigenvalue weighted by atomic mass is 19.1. The molecule has 2 saturated heterocycles. The van der Waals surface area contributed by atoms with Gasteiger partial charge in [-0.05, 0) is 99.9 Å². The van der Waals surface area contributed by atoms with E-state index in [1.54, 1.807) is 6.07 Å². The minimum atomic E-state index is -0.400. The van der Waals surface area contributed by atoms with Crippen LogP contribution in [0.1, 0.15) is 51.2 Å². The zero-order chi connectivity index (χ0) is 28.3. The summed E-state index contributed by atoms with van der Waals surface area (Å²) in [6.07, 6.45) is 10.7. The summed E-state index contributed by atoms with van der Waals surface area (Å²) in [5.74, 6) is 2.33. The lowest BCUT2D eigenvalue weighted by Crippen LogP contribution is -2.40. The molecule has 0 radical (unpaired) electrons. The first-order valence-electron chi connectivity index (χ1n) is 15.1. The van der Waals surface area contributed by atoms with E-state index in [1.165, 1.54) is 17.7 Å². The van der Waals surface area contributed by atoms with Crippen molar-refractivity contribution in [3.63, 3.8) is 0 Å². The van der Waals surface area contributed by atoms with Gasteiger partial charge in [0.2, 0.25) is 0 Å². The second-order valence-corrected chi connectivity index (χ2v) is 12.4. The van der Waals surface area contributed by atoms with Crippen molar-refractivity contribution >= 4 is 11.4 Å². The second-order valence-electron chi connectivity index (χ2n) is 12.4. The van der Waals surface area contributed by atoms with E-state index in [1.807, 2.05) is 26.8 Å². The number of dihydropyridines is 1. The normalized spacial score (nSPS) is 24.1. The van der Waals surface area contributed by atoms with Crippen molar-refractivity contribution < 1.29 is 4.39 Å². The minimum absolute atomic E-state index is 0.0645. The van der Waals surface area contributed by atoms with Gasteiger partial charge in [-0.25, -0.2) is 4.39 Å². The summed E-state index contributed by atoms with van der Waals surface area (Å²) >= 11 is 0. The highest BCUT2D eigenvalue weighted by Crippen LogP contribution is 2.40. The standard InChI is InChI=1S/C32H48FN7/c1-5-22-14-29-26(15-27(22)33)30(40-19-24-10-13-35-17-25(24)20-40)16-28(39-29)23-8-9-31(38-18-23)37-12-7-6-11-36-21(2)32(3,4)34/h8-9,14-16,24-25,28,35-39H,2,5-7,10-13,17-20,34H2,1,3-4H3. The lowest BCUT2D eigenvalue weighted by Gasteiger charge is -2.34. The van der Waals surface area contributed by atoms with E-state index in [4.69, 9.17) is 5.73 Å². The number of nitrogens with one attached hydrogen (secondary N) is 5. The van der Waals surface area contributed by atoms with Crippen LogP contribution in [0.25, 0.3) is 5.70 Å². The van der Waals surface area contributed by atoms with Crippen LogP contribution in [0.5, 0.6) is 0 Å². The maximum Gasteiger partial charge on any atom is 0.127 e. The number of hydrogen-bond acceptors (Lipinski definition) is 7. The Morgan fingerprint density at radius 3 is 2.70 bits per heavy atom. The van der Waals surface area contributed by atoms with Crippen molar-refractivity contribution in [3.05, 3.63) is 71.0 Å². The molecule has 3 unspecified atom stereocenters. The van der Waals surface area contributed by atoms with Gasteiger partial charge in [0.05, 0.1) is 11.9 Å². The van der Waals surface area contributed by atoms with Crippen molar-refractivity contribution in [1.29, 1.82) is 0 Å². The number of nitrogens with zero attached hydrogens (tertiary/aromatic N) is 1. The number of likely N-dealkylation sites (tertiary alicyclic amines) is 1. The van der Waals surface area contributed by atoms with E-state index in [9.17, 15) is 4.39 Å². The molecule has 218 valence electrons. The highest BCUT2D eigenvalue weighted by molar-refractivity contribution is 5.81. The number of rotatable bonds is 11. The molecule has 0 amide bonds. The summed E-state index contributed by atoms with van der Waals surface area (Å²) < 4.78 is 14.9. The van der Waals surface area contributed by atoms with Crippen LogP contribution in [0.2, 0.25) is 0 Å². The fraction of sp³-hybridized carbons (Fsp3) is 0.562. The summed E-state index contributed by atoms with van der Waals surface area (Å²) in [5.41, 5.74) is 11.8. The van der Waals surface area contributed by atoms with Gasteiger partial charge in [0.25, 0.3) is 0 Å². The SMILES string of the molecule is C=C(NCCCCNC1=CC=C(C2C=C(N3CC4CCNCC4C3)c3cc(F)c(CC)cc3N2)CN1)C(C)(C)N. The molecule has 0 bridgehead atoms. The molecule has 40 heavy (non-hydrogen) atoms. The van der Waals surface area contributed by atoms with Crippen LogP contribution in [-0.2, 0) is 6.42 Å². The van der Waals surface area contributed by atoms with Gasteiger partial charge in [-0.1, -0.05) is 19.6 Å². The number of halogens is 1. The number of benzene rings is 1. The Morgan fingerprint density at radius 1 is 1.18 bits per heavy atom. The van der Waals surface area contributed by atoms with E-state index >= 15 is 0 Å². The molecule has 1 aromatic rings. The Hall–Kier alpha value is -2.97. The van der Waals surface area contributed by atoms with Gasteiger partial charge in [-0.15, -0.1) is 0 Å². The highest BCUT2D eigenvalue weighted by Gasteiger charge is 2.37. The number of nitrogens with two attached hydrogens (primary N) is 1. The molecular formula is C32H48FN7.